The van der Waals surface area contributed by atoms with Gasteiger partial charge in [-0.15, -0.1) is 0 Å². The summed E-state index contributed by atoms with van der Waals surface area (Å²) in [6, 6.07) is 4.84. The summed E-state index contributed by atoms with van der Waals surface area (Å²) in [6.07, 6.45) is 5.15. The molecule has 1 aromatic rings. The maximum atomic E-state index is 9.82. The van der Waals surface area contributed by atoms with Gasteiger partial charge in [0.25, 0.3) is 0 Å². The summed E-state index contributed by atoms with van der Waals surface area (Å²) in [4.78, 5) is 0. The van der Waals surface area contributed by atoms with Gasteiger partial charge in [0.2, 0.25) is 0 Å². The molecule has 1 saturated carbocycles. The highest BCUT2D eigenvalue weighted by Crippen LogP contribution is 2.38. The lowest BCUT2D eigenvalue weighted by molar-refractivity contribution is 0.298. The highest BCUT2D eigenvalue weighted by atomic mass is 16.3. The summed E-state index contributed by atoms with van der Waals surface area (Å²) in [7, 11) is 0. The van der Waals surface area contributed by atoms with E-state index in [1.54, 1.807) is 18.2 Å². The SMILES string of the molecule is CC(NCC1(C)CCCC1)c1c(O)cccc1O. The van der Waals surface area contributed by atoms with Gasteiger partial charge in [0.15, 0.2) is 0 Å². The molecule has 0 bridgehead atoms. The molecule has 2 rings (SSSR count). The zero-order valence-electron chi connectivity index (χ0n) is 11.2. The molecule has 0 radical (unpaired) electrons. The van der Waals surface area contributed by atoms with Gasteiger partial charge in [-0.1, -0.05) is 25.8 Å². The minimum atomic E-state index is -0.0383. The Kier molecular flexibility index (Phi) is 3.81. The van der Waals surface area contributed by atoms with Crippen molar-refractivity contribution in [2.75, 3.05) is 6.54 Å². The number of hydrogen-bond donors (Lipinski definition) is 3. The van der Waals surface area contributed by atoms with Gasteiger partial charge >= 0.3 is 0 Å². The third-order valence-corrected chi connectivity index (χ3v) is 4.14. The minimum absolute atomic E-state index is 0.0383. The van der Waals surface area contributed by atoms with Gasteiger partial charge in [0.1, 0.15) is 11.5 Å². The molecule has 0 aromatic heterocycles. The first kappa shape index (κ1) is 13.2. The second-order valence-corrected chi connectivity index (χ2v) is 5.83. The Balaban J connectivity index is 2.01. The first-order valence-corrected chi connectivity index (χ1v) is 6.76. The van der Waals surface area contributed by atoms with Crippen molar-refractivity contribution in [3.8, 4) is 11.5 Å². The van der Waals surface area contributed by atoms with Gasteiger partial charge < -0.3 is 15.5 Å². The number of phenolic OH excluding ortho intramolecular Hbond substituents is 2. The van der Waals surface area contributed by atoms with Crippen LogP contribution in [0.2, 0.25) is 0 Å². The molecule has 3 heteroatoms. The summed E-state index contributed by atoms with van der Waals surface area (Å²) in [5, 5.41) is 23.1. The van der Waals surface area contributed by atoms with Crippen LogP contribution in [0, 0.1) is 5.41 Å². The normalized spacial score (nSPS) is 19.9. The molecule has 0 spiro atoms. The summed E-state index contributed by atoms with van der Waals surface area (Å²) in [5.41, 5.74) is 0.966. The van der Waals surface area contributed by atoms with Crippen LogP contribution in [0.4, 0.5) is 0 Å². The monoisotopic (exact) mass is 249 g/mol. The number of hydrogen-bond acceptors (Lipinski definition) is 3. The standard InChI is InChI=1S/C15H23NO2/c1-11(14-12(17)6-5-7-13(14)18)16-10-15(2)8-3-4-9-15/h5-7,11,16-18H,3-4,8-10H2,1-2H3. The Hall–Kier alpha value is -1.22. The minimum Gasteiger partial charge on any atom is -0.507 e. The summed E-state index contributed by atoms with van der Waals surface area (Å²) in [5.74, 6) is 0.318. The summed E-state index contributed by atoms with van der Waals surface area (Å²) >= 11 is 0. The fourth-order valence-corrected chi connectivity index (χ4v) is 2.89. The fourth-order valence-electron chi connectivity index (χ4n) is 2.89. The third-order valence-electron chi connectivity index (χ3n) is 4.14. The molecule has 1 atom stereocenters. The van der Waals surface area contributed by atoms with E-state index in [0.717, 1.165) is 6.54 Å². The van der Waals surface area contributed by atoms with Crippen molar-refractivity contribution in [3.63, 3.8) is 0 Å². The van der Waals surface area contributed by atoms with Crippen molar-refractivity contribution in [1.82, 2.24) is 5.32 Å². The number of phenols is 2. The molecule has 0 amide bonds. The Morgan fingerprint density at radius 3 is 2.33 bits per heavy atom. The largest absolute Gasteiger partial charge is 0.507 e. The molecule has 1 aliphatic carbocycles. The van der Waals surface area contributed by atoms with Gasteiger partial charge in [-0.25, -0.2) is 0 Å². The zero-order chi connectivity index (χ0) is 13.2. The van der Waals surface area contributed by atoms with Crippen molar-refractivity contribution >= 4 is 0 Å². The molecular weight excluding hydrogens is 226 g/mol. The van der Waals surface area contributed by atoms with E-state index < -0.39 is 0 Å². The van der Waals surface area contributed by atoms with E-state index in [9.17, 15) is 10.2 Å². The fraction of sp³-hybridized carbons (Fsp3) is 0.600. The lowest BCUT2D eigenvalue weighted by Gasteiger charge is -2.27. The van der Waals surface area contributed by atoms with Crippen LogP contribution in [0.15, 0.2) is 18.2 Å². The van der Waals surface area contributed by atoms with Crippen molar-refractivity contribution in [2.24, 2.45) is 5.41 Å². The number of aromatic hydroxyl groups is 2. The molecule has 18 heavy (non-hydrogen) atoms. The topological polar surface area (TPSA) is 52.5 Å². The molecule has 3 nitrogen and oxygen atoms in total. The van der Waals surface area contributed by atoms with Gasteiger partial charge in [0.05, 0.1) is 5.56 Å². The first-order valence-electron chi connectivity index (χ1n) is 6.76. The number of benzene rings is 1. The quantitative estimate of drug-likeness (QED) is 0.767. The maximum Gasteiger partial charge on any atom is 0.124 e. The van der Waals surface area contributed by atoms with Crippen LogP contribution < -0.4 is 5.32 Å². The Bertz CT molecular complexity index is 391. The van der Waals surface area contributed by atoms with E-state index in [4.69, 9.17) is 0 Å². The van der Waals surface area contributed by atoms with Crippen LogP contribution in [0.3, 0.4) is 0 Å². The average molecular weight is 249 g/mol. The molecule has 3 N–H and O–H groups in total. The van der Waals surface area contributed by atoms with Crippen LogP contribution in [0.1, 0.15) is 51.1 Å². The van der Waals surface area contributed by atoms with E-state index in [-0.39, 0.29) is 17.5 Å². The molecule has 1 aliphatic rings. The zero-order valence-corrected chi connectivity index (χ0v) is 11.2. The molecule has 1 unspecified atom stereocenters. The lowest BCUT2D eigenvalue weighted by atomic mass is 9.88. The number of rotatable bonds is 4. The Labute approximate surface area is 109 Å². The maximum absolute atomic E-state index is 9.82. The summed E-state index contributed by atoms with van der Waals surface area (Å²) in [6.45, 7) is 5.22. The van der Waals surface area contributed by atoms with Crippen LogP contribution in [-0.4, -0.2) is 16.8 Å². The second kappa shape index (κ2) is 5.19. The third kappa shape index (κ3) is 2.78. The lowest BCUT2D eigenvalue weighted by Crippen LogP contribution is -2.31. The van der Waals surface area contributed by atoms with Crippen LogP contribution in [0.25, 0.3) is 0 Å². The molecule has 0 aliphatic heterocycles. The molecule has 0 saturated heterocycles. The van der Waals surface area contributed by atoms with E-state index in [1.807, 2.05) is 6.92 Å². The van der Waals surface area contributed by atoms with Gasteiger partial charge in [-0.3, -0.25) is 0 Å². The van der Waals surface area contributed by atoms with Crippen molar-refractivity contribution in [3.05, 3.63) is 23.8 Å². The Morgan fingerprint density at radius 1 is 1.22 bits per heavy atom. The molecule has 0 heterocycles. The number of nitrogens with one attached hydrogen (secondary N) is 1. The van der Waals surface area contributed by atoms with Gasteiger partial charge in [0, 0.05) is 12.6 Å². The average Bonchev–Trinajstić information content (AvgIpc) is 2.74. The van der Waals surface area contributed by atoms with E-state index >= 15 is 0 Å². The van der Waals surface area contributed by atoms with E-state index in [2.05, 4.69) is 12.2 Å². The summed E-state index contributed by atoms with van der Waals surface area (Å²) < 4.78 is 0. The van der Waals surface area contributed by atoms with E-state index in [0.29, 0.717) is 11.0 Å². The second-order valence-electron chi connectivity index (χ2n) is 5.83. The first-order chi connectivity index (χ1) is 8.52. The molecular formula is C15H23NO2. The van der Waals surface area contributed by atoms with Crippen LogP contribution in [0.5, 0.6) is 11.5 Å². The predicted octanol–water partition coefficient (Wildman–Crippen LogP) is 3.33. The Morgan fingerprint density at radius 2 is 1.78 bits per heavy atom. The highest BCUT2D eigenvalue weighted by Gasteiger charge is 2.29. The molecule has 1 aromatic carbocycles. The molecule has 1 fully saturated rings. The van der Waals surface area contributed by atoms with Gasteiger partial charge in [-0.2, -0.15) is 0 Å². The van der Waals surface area contributed by atoms with Crippen LogP contribution in [-0.2, 0) is 0 Å². The van der Waals surface area contributed by atoms with Crippen molar-refractivity contribution in [2.45, 2.75) is 45.6 Å². The smallest absolute Gasteiger partial charge is 0.124 e. The van der Waals surface area contributed by atoms with Crippen molar-refractivity contribution < 1.29 is 10.2 Å². The van der Waals surface area contributed by atoms with Crippen LogP contribution >= 0.6 is 0 Å². The highest BCUT2D eigenvalue weighted by molar-refractivity contribution is 5.44. The van der Waals surface area contributed by atoms with Gasteiger partial charge in [-0.05, 0) is 37.3 Å². The predicted molar refractivity (Wildman–Crippen MR) is 72.8 cm³/mol. The molecule has 100 valence electrons. The van der Waals surface area contributed by atoms with E-state index in [1.165, 1.54) is 25.7 Å². The van der Waals surface area contributed by atoms with Crippen molar-refractivity contribution in [1.29, 1.82) is 0 Å².